The van der Waals surface area contributed by atoms with Gasteiger partial charge in [0.2, 0.25) is 5.91 Å². The number of anilines is 1. The Hall–Kier alpha value is -2.44. The van der Waals surface area contributed by atoms with E-state index in [2.05, 4.69) is 33.4 Å². The van der Waals surface area contributed by atoms with Crippen LogP contribution in [0.5, 0.6) is 0 Å². The van der Waals surface area contributed by atoms with E-state index in [0.29, 0.717) is 30.6 Å². The third-order valence-electron chi connectivity index (χ3n) is 4.99. The summed E-state index contributed by atoms with van der Waals surface area (Å²) in [5.41, 5.74) is 6.75. The smallest absolute Gasteiger partial charge is 0.224 e. The van der Waals surface area contributed by atoms with Crippen LogP contribution < -0.4 is 5.73 Å². The van der Waals surface area contributed by atoms with E-state index in [4.69, 9.17) is 5.73 Å². The van der Waals surface area contributed by atoms with Crippen molar-refractivity contribution in [3.8, 4) is 0 Å². The summed E-state index contributed by atoms with van der Waals surface area (Å²) in [6.45, 7) is 6.54. The maximum Gasteiger partial charge on any atom is 0.224 e. The van der Waals surface area contributed by atoms with Gasteiger partial charge in [0, 0.05) is 56.8 Å². The zero-order valence-corrected chi connectivity index (χ0v) is 15.6. The van der Waals surface area contributed by atoms with Crippen molar-refractivity contribution < 1.29 is 4.79 Å². The Labute approximate surface area is 154 Å². The zero-order chi connectivity index (χ0) is 18.5. The molecule has 2 aromatic rings. The molecule has 1 saturated heterocycles. The van der Waals surface area contributed by atoms with Crippen LogP contribution in [0.3, 0.4) is 0 Å². The molecule has 0 saturated carbocycles. The summed E-state index contributed by atoms with van der Waals surface area (Å²) in [5.74, 6) is 2.50. The van der Waals surface area contributed by atoms with Gasteiger partial charge < -0.3 is 15.2 Å². The van der Waals surface area contributed by atoms with Crippen LogP contribution in [0.4, 0.5) is 5.82 Å². The van der Waals surface area contributed by atoms with Crippen molar-refractivity contribution in [2.45, 2.75) is 52.0 Å². The molecule has 0 aliphatic carbocycles. The third kappa shape index (κ3) is 4.39. The second-order valence-electron chi connectivity index (χ2n) is 7.32. The van der Waals surface area contributed by atoms with Crippen molar-refractivity contribution >= 4 is 11.7 Å². The van der Waals surface area contributed by atoms with E-state index in [9.17, 15) is 4.79 Å². The van der Waals surface area contributed by atoms with Crippen molar-refractivity contribution in [1.29, 1.82) is 0 Å². The lowest BCUT2D eigenvalue weighted by Crippen LogP contribution is -2.41. The van der Waals surface area contributed by atoms with Crippen LogP contribution in [0.15, 0.2) is 24.8 Å². The van der Waals surface area contributed by atoms with E-state index in [-0.39, 0.29) is 5.91 Å². The molecule has 1 fully saturated rings. The molecule has 1 amide bonds. The summed E-state index contributed by atoms with van der Waals surface area (Å²) in [4.78, 5) is 27.5. The lowest BCUT2D eigenvalue weighted by molar-refractivity contribution is -0.133. The number of carbonyl (C=O) groups excluding carboxylic acids is 1. The Morgan fingerprint density at radius 2 is 2.08 bits per heavy atom. The molecule has 3 heterocycles. The van der Waals surface area contributed by atoms with Crippen LogP contribution in [0.25, 0.3) is 0 Å². The standard InChI is InChI=1S/C19H28N6O/c1-14(2)19-23-8-11-24(19)10-5-17(26)25-9-3-4-15(13-25)12-16-18(20)22-7-6-21-16/h6-8,11,14-15H,3-5,9-10,12-13H2,1-2H3,(H2,20,22). The van der Waals surface area contributed by atoms with Crippen LogP contribution in [0.1, 0.15) is 50.5 Å². The minimum Gasteiger partial charge on any atom is -0.382 e. The molecule has 140 valence electrons. The maximum absolute atomic E-state index is 12.7. The molecular weight excluding hydrogens is 328 g/mol. The Morgan fingerprint density at radius 3 is 2.85 bits per heavy atom. The first-order valence-corrected chi connectivity index (χ1v) is 9.38. The van der Waals surface area contributed by atoms with Crippen molar-refractivity contribution in [2.24, 2.45) is 5.92 Å². The second kappa shape index (κ2) is 8.29. The van der Waals surface area contributed by atoms with Gasteiger partial charge in [-0.1, -0.05) is 13.8 Å². The minimum absolute atomic E-state index is 0.213. The Kier molecular flexibility index (Phi) is 5.85. The van der Waals surface area contributed by atoms with Gasteiger partial charge in [0.05, 0.1) is 5.69 Å². The zero-order valence-electron chi connectivity index (χ0n) is 15.6. The molecule has 2 N–H and O–H groups in total. The lowest BCUT2D eigenvalue weighted by Gasteiger charge is -2.33. The van der Waals surface area contributed by atoms with E-state index in [1.165, 1.54) is 0 Å². The molecule has 7 nitrogen and oxygen atoms in total. The van der Waals surface area contributed by atoms with Crippen LogP contribution in [-0.4, -0.2) is 43.4 Å². The molecule has 0 aromatic carbocycles. The molecule has 26 heavy (non-hydrogen) atoms. The molecule has 1 aliphatic heterocycles. The van der Waals surface area contributed by atoms with Gasteiger partial charge in [-0.25, -0.2) is 9.97 Å². The Balaban J connectivity index is 1.54. The number of amides is 1. The average molecular weight is 356 g/mol. The summed E-state index contributed by atoms with van der Waals surface area (Å²) in [5, 5.41) is 0. The number of carbonyl (C=O) groups is 1. The van der Waals surface area contributed by atoms with Crippen molar-refractivity contribution in [1.82, 2.24) is 24.4 Å². The molecule has 3 rings (SSSR count). The summed E-state index contributed by atoms with van der Waals surface area (Å²) >= 11 is 0. The quantitative estimate of drug-likeness (QED) is 0.857. The fourth-order valence-corrected chi connectivity index (χ4v) is 3.65. The normalized spacial score (nSPS) is 17.7. The van der Waals surface area contributed by atoms with Gasteiger partial charge in [-0.05, 0) is 25.2 Å². The number of imidazole rings is 1. The highest BCUT2D eigenvalue weighted by Crippen LogP contribution is 2.22. The summed E-state index contributed by atoms with van der Waals surface area (Å²) < 4.78 is 2.09. The third-order valence-corrected chi connectivity index (χ3v) is 4.99. The van der Waals surface area contributed by atoms with Gasteiger partial charge in [-0.3, -0.25) is 9.78 Å². The van der Waals surface area contributed by atoms with E-state index in [1.54, 1.807) is 12.4 Å². The molecule has 0 spiro atoms. The first kappa shape index (κ1) is 18.4. The molecule has 0 radical (unpaired) electrons. The van der Waals surface area contributed by atoms with E-state index in [1.807, 2.05) is 17.3 Å². The monoisotopic (exact) mass is 356 g/mol. The number of rotatable bonds is 6. The van der Waals surface area contributed by atoms with Gasteiger partial charge in [0.15, 0.2) is 0 Å². The lowest BCUT2D eigenvalue weighted by atomic mass is 9.93. The molecule has 1 unspecified atom stereocenters. The molecule has 0 bridgehead atoms. The summed E-state index contributed by atoms with van der Waals surface area (Å²) in [6.07, 6.45) is 10.5. The van der Waals surface area contributed by atoms with E-state index in [0.717, 1.165) is 43.9 Å². The number of piperidine rings is 1. The van der Waals surface area contributed by atoms with Gasteiger partial charge >= 0.3 is 0 Å². The van der Waals surface area contributed by atoms with E-state index >= 15 is 0 Å². The summed E-state index contributed by atoms with van der Waals surface area (Å²) in [6, 6.07) is 0. The van der Waals surface area contributed by atoms with Crippen molar-refractivity contribution in [2.75, 3.05) is 18.8 Å². The van der Waals surface area contributed by atoms with Crippen molar-refractivity contribution in [3.05, 3.63) is 36.3 Å². The maximum atomic E-state index is 12.7. The van der Waals surface area contributed by atoms with Crippen LogP contribution in [0, 0.1) is 5.92 Å². The molecule has 1 atom stereocenters. The number of hydrogen-bond acceptors (Lipinski definition) is 5. The van der Waals surface area contributed by atoms with Crippen LogP contribution >= 0.6 is 0 Å². The fraction of sp³-hybridized carbons (Fsp3) is 0.579. The second-order valence-corrected chi connectivity index (χ2v) is 7.32. The highest BCUT2D eigenvalue weighted by molar-refractivity contribution is 5.76. The van der Waals surface area contributed by atoms with Gasteiger partial charge in [-0.2, -0.15) is 0 Å². The SMILES string of the molecule is CC(C)c1nccn1CCC(=O)N1CCCC(Cc2nccnc2N)C1. The Morgan fingerprint density at radius 1 is 1.27 bits per heavy atom. The number of nitrogens with two attached hydrogens (primary N) is 1. The van der Waals surface area contributed by atoms with Gasteiger partial charge in [0.1, 0.15) is 11.6 Å². The number of likely N-dealkylation sites (tertiary alicyclic amines) is 1. The van der Waals surface area contributed by atoms with Crippen LogP contribution in [-0.2, 0) is 17.8 Å². The number of aromatic nitrogens is 4. The summed E-state index contributed by atoms with van der Waals surface area (Å²) in [7, 11) is 0. The minimum atomic E-state index is 0.213. The molecule has 1 aliphatic rings. The molecule has 7 heteroatoms. The highest BCUT2D eigenvalue weighted by Gasteiger charge is 2.24. The van der Waals surface area contributed by atoms with Gasteiger partial charge in [-0.15, -0.1) is 0 Å². The van der Waals surface area contributed by atoms with Crippen molar-refractivity contribution in [3.63, 3.8) is 0 Å². The van der Waals surface area contributed by atoms with Crippen LogP contribution in [0.2, 0.25) is 0 Å². The predicted molar refractivity (Wildman–Crippen MR) is 100 cm³/mol. The first-order chi connectivity index (χ1) is 12.5. The van der Waals surface area contributed by atoms with Gasteiger partial charge in [0.25, 0.3) is 0 Å². The largest absolute Gasteiger partial charge is 0.382 e. The average Bonchev–Trinajstić information content (AvgIpc) is 3.11. The van der Waals surface area contributed by atoms with E-state index < -0.39 is 0 Å². The number of nitrogens with zero attached hydrogens (tertiary/aromatic N) is 5. The fourth-order valence-electron chi connectivity index (χ4n) is 3.65. The Bertz CT molecular complexity index is 741. The number of nitrogen functional groups attached to an aromatic ring is 1. The number of aryl methyl sites for hydroxylation is 1. The highest BCUT2D eigenvalue weighted by atomic mass is 16.2. The molecule has 2 aromatic heterocycles. The predicted octanol–water partition coefficient (Wildman–Crippen LogP) is 2.25. The number of hydrogen-bond donors (Lipinski definition) is 1. The molecular formula is C19H28N6O. The topological polar surface area (TPSA) is 89.9 Å². The first-order valence-electron chi connectivity index (χ1n) is 9.38.